The second kappa shape index (κ2) is 11.4. The molecule has 1 aliphatic heterocycles. The van der Waals surface area contributed by atoms with E-state index in [4.69, 9.17) is 4.74 Å². The van der Waals surface area contributed by atoms with Crippen LogP contribution in [0, 0.1) is 0 Å². The van der Waals surface area contributed by atoms with E-state index in [1.165, 1.54) is 5.56 Å². The van der Waals surface area contributed by atoms with Crippen LogP contribution in [0.5, 0.6) is 5.75 Å². The Kier molecular flexibility index (Phi) is 8.61. The summed E-state index contributed by atoms with van der Waals surface area (Å²) in [4.78, 5) is 8.79. The van der Waals surface area contributed by atoms with Crippen LogP contribution < -0.4 is 4.74 Å². The van der Waals surface area contributed by atoms with Crippen LogP contribution in [0.25, 0.3) is 0 Å². The second-order valence-corrected chi connectivity index (χ2v) is 8.37. The van der Waals surface area contributed by atoms with Crippen LogP contribution in [0.15, 0.2) is 48.8 Å². The molecule has 1 aromatic heterocycles. The standard InChI is InChI=1S/C22H31N3O2S/c1-2-24(15-19-7-9-23-10-8-19)16-20-5-3-4-6-22(20)27-18-21(26)17-25-11-13-28-14-12-25/h3-10,21,26H,2,11-18H2,1H3/t21-/m0/s1. The maximum absolute atomic E-state index is 10.4. The van der Waals surface area contributed by atoms with E-state index < -0.39 is 6.10 Å². The van der Waals surface area contributed by atoms with Crippen LogP contribution in [-0.4, -0.2) is 70.3 Å². The Morgan fingerprint density at radius 3 is 2.64 bits per heavy atom. The normalized spacial score (nSPS) is 16.2. The molecule has 0 unspecified atom stereocenters. The molecule has 5 nitrogen and oxygen atoms in total. The number of β-amino-alcohol motifs (C(OH)–C–C–N with tert-alkyl or cyclic N) is 1. The van der Waals surface area contributed by atoms with E-state index in [1.54, 1.807) is 0 Å². The highest BCUT2D eigenvalue weighted by Gasteiger charge is 2.16. The highest BCUT2D eigenvalue weighted by molar-refractivity contribution is 7.99. The lowest BCUT2D eigenvalue weighted by Gasteiger charge is -2.28. The maximum atomic E-state index is 10.4. The summed E-state index contributed by atoms with van der Waals surface area (Å²) in [5, 5.41) is 10.4. The molecule has 3 rings (SSSR count). The number of hydrogen-bond acceptors (Lipinski definition) is 6. The molecule has 2 aromatic rings. The van der Waals surface area contributed by atoms with E-state index in [1.807, 2.05) is 42.4 Å². The van der Waals surface area contributed by atoms with Gasteiger partial charge in [0.1, 0.15) is 18.5 Å². The topological polar surface area (TPSA) is 48.8 Å². The van der Waals surface area contributed by atoms with Crippen molar-refractivity contribution < 1.29 is 9.84 Å². The number of hydrogen-bond donors (Lipinski definition) is 1. The molecule has 1 aliphatic rings. The molecule has 1 fully saturated rings. The van der Waals surface area contributed by atoms with Crippen LogP contribution in [0.2, 0.25) is 0 Å². The lowest BCUT2D eigenvalue weighted by atomic mass is 10.1. The summed E-state index contributed by atoms with van der Waals surface area (Å²) in [6.45, 7) is 7.94. The van der Waals surface area contributed by atoms with E-state index in [0.29, 0.717) is 13.2 Å². The maximum Gasteiger partial charge on any atom is 0.123 e. The van der Waals surface area contributed by atoms with Gasteiger partial charge in [-0.05, 0) is 30.3 Å². The zero-order chi connectivity index (χ0) is 19.6. The van der Waals surface area contributed by atoms with Gasteiger partial charge in [-0.25, -0.2) is 0 Å². The zero-order valence-electron chi connectivity index (χ0n) is 16.7. The zero-order valence-corrected chi connectivity index (χ0v) is 17.5. The first kappa shape index (κ1) is 21.1. The molecule has 0 aliphatic carbocycles. The largest absolute Gasteiger partial charge is 0.491 e. The van der Waals surface area contributed by atoms with Gasteiger partial charge in [0.05, 0.1) is 0 Å². The SMILES string of the molecule is CCN(Cc1ccncc1)Cc1ccccc1OC[C@@H](O)CN1CCSCC1. The highest BCUT2D eigenvalue weighted by atomic mass is 32.2. The first-order valence-electron chi connectivity index (χ1n) is 10.0. The molecule has 0 bridgehead atoms. The van der Waals surface area contributed by atoms with E-state index in [-0.39, 0.29) is 0 Å². The summed E-state index contributed by atoms with van der Waals surface area (Å²) in [6, 6.07) is 12.3. The summed E-state index contributed by atoms with van der Waals surface area (Å²) < 4.78 is 6.02. The van der Waals surface area contributed by atoms with Crippen molar-refractivity contribution in [2.75, 3.05) is 44.3 Å². The van der Waals surface area contributed by atoms with Gasteiger partial charge in [0.15, 0.2) is 0 Å². The fraction of sp³-hybridized carbons (Fsp3) is 0.500. The Bertz CT molecular complexity index is 695. The average molecular weight is 402 g/mol. The van der Waals surface area contributed by atoms with Gasteiger partial charge in [-0.2, -0.15) is 11.8 Å². The van der Waals surface area contributed by atoms with Crippen molar-refractivity contribution in [3.63, 3.8) is 0 Å². The third-order valence-electron chi connectivity index (χ3n) is 4.97. The predicted molar refractivity (Wildman–Crippen MR) is 116 cm³/mol. The number of aromatic nitrogens is 1. The minimum atomic E-state index is -0.463. The Labute approximate surface area is 172 Å². The molecule has 152 valence electrons. The lowest BCUT2D eigenvalue weighted by molar-refractivity contribution is 0.0708. The van der Waals surface area contributed by atoms with E-state index in [9.17, 15) is 5.11 Å². The van der Waals surface area contributed by atoms with Gasteiger partial charge in [-0.1, -0.05) is 25.1 Å². The minimum absolute atomic E-state index is 0.330. The Balaban J connectivity index is 1.54. The second-order valence-electron chi connectivity index (χ2n) is 7.14. The van der Waals surface area contributed by atoms with E-state index in [2.05, 4.69) is 39.9 Å². The first-order chi connectivity index (χ1) is 13.7. The minimum Gasteiger partial charge on any atom is -0.491 e. The summed E-state index contributed by atoms with van der Waals surface area (Å²) >= 11 is 1.98. The Morgan fingerprint density at radius 2 is 1.89 bits per heavy atom. The molecule has 1 aromatic carbocycles. The Morgan fingerprint density at radius 1 is 1.14 bits per heavy atom. The number of aliphatic hydroxyl groups is 1. The van der Waals surface area contributed by atoms with Crippen LogP contribution in [0.1, 0.15) is 18.1 Å². The van der Waals surface area contributed by atoms with Crippen LogP contribution in [0.4, 0.5) is 0 Å². The van der Waals surface area contributed by atoms with Crippen molar-refractivity contribution in [1.82, 2.24) is 14.8 Å². The summed E-state index contributed by atoms with van der Waals surface area (Å²) in [6.07, 6.45) is 3.21. The van der Waals surface area contributed by atoms with Crippen LogP contribution >= 0.6 is 11.8 Å². The molecule has 28 heavy (non-hydrogen) atoms. The molecule has 0 spiro atoms. The van der Waals surface area contributed by atoms with E-state index >= 15 is 0 Å². The molecular weight excluding hydrogens is 370 g/mol. The predicted octanol–water partition coefficient (Wildman–Crippen LogP) is 2.89. The van der Waals surface area contributed by atoms with Gasteiger partial charge in [0.2, 0.25) is 0 Å². The fourth-order valence-corrected chi connectivity index (χ4v) is 4.34. The van der Waals surface area contributed by atoms with Crippen molar-refractivity contribution in [3.8, 4) is 5.75 Å². The number of rotatable bonds is 10. The molecule has 1 N–H and O–H groups in total. The highest BCUT2D eigenvalue weighted by Crippen LogP contribution is 2.21. The lowest BCUT2D eigenvalue weighted by Crippen LogP contribution is -2.40. The molecule has 0 amide bonds. The number of benzene rings is 1. The number of aliphatic hydroxyl groups excluding tert-OH is 1. The molecule has 0 saturated carbocycles. The third-order valence-corrected chi connectivity index (χ3v) is 5.92. The quantitative estimate of drug-likeness (QED) is 0.661. The summed E-state index contributed by atoms with van der Waals surface area (Å²) in [7, 11) is 0. The third kappa shape index (κ3) is 6.78. The molecule has 1 saturated heterocycles. The molecule has 1 atom stereocenters. The van der Waals surface area contributed by atoms with Crippen LogP contribution in [0.3, 0.4) is 0 Å². The number of thioether (sulfide) groups is 1. The number of ether oxygens (including phenoxy) is 1. The number of pyridine rings is 1. The van der Waals surface area contributed by atoms with Gasteiger partial charge < -0.3 is 9.84 Å². The van der Waals surface area contributed by atoms with Gasteiger partial charge in [-0.3, -0.25) is 14.8 Å². The van der Waals surface area contributed by atoms with Gasteiger partial charge in [-0.15, -0.1) is 0 Å². The fourth-order valence-electron chi connectivity index (χ4n) is 3.36. The molecule has 0 radical (unpaired) electrons. The van der Waals surface area contributed by atoms with Gasteiger partial charge >= 0.3 is 0 Å². The average Bonchev–Trinajstić information content (AvgIpc) is 2.74. The summed E-state index contributed by atoms with van der Waals surface area (Å²) in [5.74, 6) is 3.17. The molecule has 6 heteroatoms. The Hall–Kier alpha value is -1.60. The van der Waals surface area contributed by atoms with Crippen molar-refractivity contribution in [1.29, 1.82) is 0 Å². The van der Waals surface area contributed by atoms with E-state index in [0.717, 1.165) is 55.5 Å². The molecular formula is C22H31N3O2S. The van der Waals surface area contributed by atoms with Crippen molar-refractivity contribution in [2.24, 2.45) is 0 Å². The van der Waals surface area contributed by atoms with Gasteiger partial charge in [0, 0.05) is 62.2 Å². The monoisotopic (exact) mass is 401 g/mol. The number of para-hydroxylation sites is 1. The van der Waals surface area contributed by atoms with Gasteiger partial charge in [0.25, 0.3) is 0 Å². The first-order valence-corrected chi connectivity index (χ1v) is 11.2. The smallest absolute Gasteiger partial charge is 0.123 e. The van der Waals surface area contributed by atoms with Crippen molar-refractivity contribution in [2.45, 2.75) is 26.1 Å². The molecule has 2 heterocycles. The summed E-state index contributed by atoms with van der Waals surface area (Å²) in [5.41, 5.74) is 2.41. The van der Waals surface area contributed by atoms with Crippen molar-refractivity contribution in [3.05, 3.63) is 59.9 Å². The van der Waals surface area contributed by atoms with Crippen molar-refractivity contribution >= 4 is 11.8 Å². The number of nitrogens with zero attached hydrogens (tertiary/aromatic N) is 3. The van der Waals surface area contributed by atoms with Crippen LogP contribution in [-0.2, 0) is 13.1 Å².